The quantitative estimate of drug-likeness (QED) is 0.611. The number of amides is 1. The summed E-state index contributed by atoms with van der Waals surface area (Å²) in [6.07, 6.45) is 4.38. The molecular formula is C10H17F2NO5S. The van der Waals surface area contributed by atoms with E-state index in [9.17, 15) is 22.0 Å². The highest BCUT2D eigenvalue weighted by molar-refractivity contribution is 7.86. The molecule has 0 atom stereocenters. The van der Waals surface area contributed by atoms with Gasteiger partial charge in [0.25, 0.3) is 0 Å². The molecule has 6 nitrogen and oxygen atoms in total. The Balaban J connectivity index is 2.39. The van der Waals surface area contributed by atoms with Crippen molar-refractivity contribution in [3.05, 3.63) is 0 Å². The summed E-state index contributed by atoms with van der Waals surface area (Å²) in [5.41, 5.74) is 0. The minimum Gasteiger partial charge on any atom is -0.442 e. The standard InChI is InChI=1S/C10H17F2NO5S/c11-10(12,19(15,16)17)7-18-9(14)13-8-5-3-1-2-4-6-8/h8H,1-7H2,(H,13,14)(H,15,16,17). The van der Waals surface area contributed by atoms with E-state index >= 15 is 0 Å². The van der Waals surface area contributed by atoms with Crippen LogP contribution in [0, 0.1) is 0 Å². The molecular weight excluding hydrogens is 284 g/mol. The summed E-state index contributed by atoms with van der Waals surface area (Å²) in [6.45, 7) is -1.70. The fraction of sp³-hybridized carbons (Fsp3) is 0.900. The molecule has 0 bridgehead atoms. The average Bonchev–Trinajstić information content (AvgIpc) is 2.53. The van der Waals surface area contributed by atoms with Gasteiger partial charge in [-0.2, -0.15) is 17.2 Å². The highest BCUT2D eigenvalue weighted by Gasteiger charge is 2.45. The van der Waals surface area contributed by atoms with Gasteiger partial charge < -0.3 is 10.1 Å². The summed E-state index contributed by atoms with van der Waals surface area (Å²) in [5, 5.41) is -2.08. The predicted octanol–water partition coefficient (Wildman–Crippen LogP) is 1.92. The Morgan fingerprint density at radius 1 is 1.26 bits per heavy atom. The van der Waals surface area contributed by atoms with Crippen LogP contribution in [0.5, 0.6) is 0 Å². The van der Waals surface area contributed by atoms with Crippen LogP contribution in [0.15, 0.2) is 0 Å². The van der Waals surface area contributed by atoms with E-state index in [1.54, 1.807) is 0 Å². The number of nitrogens with one attached hydrogen (secondary N) is 1. The molecule has 0 unspecified atom stereocenters. The van der Waals surface area contributed by atoms with Gasteiger partial charge in [0.2, 0.25) is 0 Å². The third-order valence-electron chi connectivity index (χ3n) is 2.93. The maximum Gasteiger partial charge on any atom is 0.407 e. The van der Waals surface area contributed by atoms with Crippen LogP contribution in [-0.4, -0.2) is 37.0 Å². The number of hydrogen-bond acceptors (Lipinski definition) is 4. The van der Waals surface area contributed by atoms with Gasteiger partial charge in [0.05, 0.1) is 0 Å². The van der Waals surface area contributed by atoms with E-state index in [1.807, 2.05) is 0 Å². The van der Waals surface area contributed by atoms with Crippen LogP contribution >= 0.6 is 0 Å². The van der Waals surface area contributed by atoms with Gasteiger partial charge in [0.15, 0.2) is 6.61 Å². The Bertz CT molecular complexity index is 404. The van der Waals surface area contributed by atoms with E-state index in [1.165, 1.54) is 0 Å². The molecule has 0 heterocycles. The molecule has 1 aliphatic rings. The summed E-state index contributed by atoms with van der Waals surface area (Å²) < 4.78 is 58.5. The normalized spacial score (nSPS) is 18.7. The fourth-order valence-electron chi connectivity index (χ4n) is 1.86. The topological polar surface area (TPSA) is 92.7 Å². The molecule has 1 saturated carbocycles. The molecule has 2 N–H and O–H groups in total. The van der Waals surface area contributed by atoms with Crippen molar-refractivity contribution in [2.45, 2.75) is 49.8 Å². The number of hydrogen-bond donors (Lipinski definition) is 2. The molecule has 1 rings (SSSR count). The van der Waals surface area contributed by atoms with Gasteiger partial charge in [-0.25, -0.2) is 4.79 Å². The third kappa shape index (κ3) is 5.27. The van der Waals surface area contributed by atoms with Crippen molar-refractivity contribution in [2.75, 3.05) is 6.61 Å². The lowest BCUT2D eigenvalue weighted by atomic mass is 10.1. The first kappa shape index (κ1) is 16.1. The van der Waals surface area contributed by atoms with Crippen LogP contribution in [0.4, 0.5) is 13.6 Å². The van der Waals surface area contributed by atoms with Crippen LogP contribution in [0.3, 0.4) is 0 Å². The number of ether oxygens (including phenoxy) is 1. The molecule has 9 heteroatoms. The highest BCUT2D eigenvalue weighted by Crippen LogP contribution is 2.21. The minimum atomic E-state index is -5.58. The monoisotopic (exact) mass is 301 g/mol. The first-order chi connectivity index (χ1) is 8.72. The second-order valence-corrected chi connectivity index (χ2v) is 6.07. The highest BCUT2D eigenvalue weighted by atomic mass is 32.2. The number of rotatable bonds is 4. The predicted molar refractivity (Wildman–Crippen MR) is 62.5 cm³/mol. The van der Waals surface area contributed by atoms with Crippen LogP contribution in [-0.2, 0) is 14.9 Å². The van der Waals surface area contributed by atoms with E-state index in [-0.39, 0.29) is 6.04 Å². The Kier molecular flexibility index (Phi) is 5.48. The van der Waals surface area contributed by atoms with Crippen molar-refractivity contribution >= 4 is 16.2 Å². The molecule has 1 fully saturated rings. The van der Waals surface area contributed by atoms with Gasteiger partial charge in [0, 0.05) is 6.04 Å². The molecule has 0 radical (unpaired) electrons. The summed E-state index contributed by atoms with van der Waals surface area (Å²) in [7, 11) is -5.58. The summed E-state index contributed by atoms with van der Waals surface area (Å²) in [5.74, 6) is 0. The SMILES string of the molecule is O=C(NC1CCCCCC1)OCC(F)(F)S(=O)(=O)O. The summed E-state index contributed by atoms with van der Waals surface area (Å²) >= 11 is 0. The van der Waals surface area contributed by atoms with Crippen molar-refractivity contribution in [3.63, 3.8) is 0 Å². The lowest BCUT2D eigenvalue weighted by molar-refractivity contribution is 0.00651. The van der Waals surface area contributed by atoms with Crippen LogP contribution < -0.4 is 5.32 Å². The zero-order valence-corrected chi connectivity index (χ0v) is 11.1. The third-order valence-corrected chi connectivity index (χ3v) is 3.80. The van der Waals surface area contributed by atoms with Gasteiger partial charge >= 0.3 is 21.5 Å². The Morgan fingerprint density at radius 3 is 2.26 bits per heavy atom. The van der Waals surface area contributed by atoms with E-state index in [0.717, 1.165) is 38.5 Å². The van der Waals surface area contributed by atoms with Gasteiger partial charge in [-0.15, -0.1) is 0 Å². The zero-order valence-electron chi connectivity index (χ0n) is 10.3. The van der Waals surface area contributed by atoms with E-state index in [2.05, 4.69) is 10.1 Å². The molecule has 0 saturated heterocycles. The molecule has 0 spiro atoms. The number of halogens is 2. The minimum absolute atomic E-state index is 0.144. The van der Waals surface area contributed by atoms with Crippen LogP contribution in [0.25, 0.3) is 0 Å². The van der Waals surface area contributed by atoms with Crippen molar-refractivity contribution in [1.82, 2.24) is 5.32 Å². The van der Waals surface area contributed by atoms with Crippen LogP contribution in [0.1, 0.15) is 38.5 Å². The van der Waals surface area contributed by atoms with Gasteiger partial charge in [-0.3, -0.25) is 4.55 Å². The molecule has 0 aromatic carbocycles. The number of carbonyl (C=O) groups is 1. The van der Waals surface area contributed by atoms with Gasteiger partial charge in [-0.05, 0) is 12.8 Å². The van der Waals surface area contributed by atoms with E-state index < -0.39 is 28.1 Å². The van der Waals surface area contributed by atoms with Crippen molar-refractivity contribution in [2.24, 2.45) is 0 Å². The van der Waals surface area contributed by atoms with Crippen molar-refractivity contribution in [1.29, 1.82) is 0 Å². The second-order valence-electron chi connectivity index (χ2n) is 4.52. The summed E-state index contributed by atoms with van der Waals surface area (Å²) in [4.78, 5) is 11.3. The fourth-order valence-corrected chi connectivity index (χ4v) is 2.06. The molecule has 1 aliphatic carbocycles. The zero-order chi connectivity index (χ0) is 14.5. The Labute approximate surface area is 110 Å². The Hall–Kier alpha value is -0.960. The maximum atomic E-state index is 12.8. The lowest BCUT2D eigenvalue weighted by Gasteiger charge is -2.17. The molecule has 112 valence electrons. The maximum absolute atomic E-state index is 12.8. The molecule has 0 aromatic heterocycles. The van der Waals surface area contributed by atoms with E-state index in [0.29, 0.717) is 0 Å². The van der Waals surface area contributed by atoms with Gasteiger partial charge in [-0.1, -0.05) is 25.7 Å². The first-order valence-corrected chi connectivity index (χ1v) is 7.44. The molecule has 1 amide bonds. The van der Waals surface area contributed by atoms with Crippen molar-refractivity contribution in [3.8, 4) is 0 Å². The average molecular weight is 301 g/mol. The summed E-state index contributed by atoms with van der Waals surface area (Å²) in [6, 6.07) is -0.144. The smallest absolute Gasteiger partial charge is 0.407 e. The van der Waals surface area contributed by atoms with Crippen LogP contribution in [0.2, 0.25) is 0 Å². The van der Waals surface area contributed by atoms with Gasteiger partial charge in [0.1, 0.15) is 0 Å². The Morgan fingerprint density at radius 2 is 1.79 bits per heavy atom. The second kappa shape index (κ2) is 6.47. The van der Waals surface area contributed by atoms with E-state index in [4.69, 9.17) is 4.55 Å². The lowest BCUT2D eigenvalue weighted by Crippen LogP contribution is -2.40. The molecule has 0 aliphatic heterocycles. The first-order valence-electron chi connectivity index (χ1n) is 6.00. The molecule has 0 aromatic rings. The molecule has 19 heavy (non-hydrogen) atoms. The largest absolute Gasteiger partial charge is 0.442 e. The number of carbonyl (C=O) groups excluding carboxylic acids is 1. The number of alkyl carbamates (subject to hydrolysis) is 1. The number of alkyl halides is 2. The van der Waals surface area contributed by atoms with Crippen molar-refractivity contribution < 1.29 is 31.3 Å².